The van der Waals surface area contributed by atoms with Gasteiger partial charge in [-0.3, -0.25) is 33.5 Å². The van der Waals surface area contributed by atoms with E-state index in [1.807, 2.05) is 39.8 Å². The van der Waals surface area contributed by atoms with Crippen molar-refractivity contribution >= 4 is 28.0 Å². The van der Waals surface area contributed by atoms with Crippen LogP contribution in [-0.2, 0) is 50.6 Å². The molecule has 50 heavy (non-hydrogen) atoms. The number of nitrogens with zero attached hydrogens (tertiary/aromatic N) is 4. The van der Waals surface area contributed by atoms with Gasteiger partial charge in [-0.05, 0) is 77.9 Å². The number of aromatic nitrogens is 4. The Morgan fingerprint density at radius 3 is 1.70 bits per heavy atom. The molecule has 4 rings (SSSR count). The quantitative estimate of drug-likeness (QED) is 0.150. The third-order valence-corrected chi connectivity index (χ3v) is 8.06. The molecule has 0 saturated heterocycles. The Morgan fingerprint density at radius 1 is 0.780 bits per heavy atom. The van der Waals surface area contributed by atoms with Crippen LogP contribution in [-0.4, -0.2) is 31.2 Å². The van der Waals surface area contributed by atoms with Crippen LogP contribution in [0.3, 0.4) is 0 Å². The minimum Gasteiger partial charge on any atom is -0.376 e. The molecule has 2 aromatic carbocycles. The van der Waals surface area contributed by atoms with Gasteiger partial charge in [0, 0.05) is 56.9 Å². The van der Waals surface area contributed by atoms with Crippen molar-refractivity contribution in [2.24, 2.45) is 0 Å². The van der Waals surface area contributed by atoms with Gasteiger partial charge < -0.3 is 4.79 Å². The molecule has 2 N–H and O–H groups in total. The SMILES string of the molecule is CCn1c(Br)c(C(C)C)c(=O)[nH]c1=O.CCn1c(C(=O)c2cc(C)cc(C#N)c2)c(C(C)C)c(=O)[nH]c1=O.Cc1cc(C#N)cc([C-]=O)c1.[Y]. The van der Waals surface area contributed by atoms with Crippen molar-refractivity contribution in [3.8, 4) is 12.1 Å². The Hall–Kier alpha value is -4.30. The summed E-state index contributed by atoms with van der Waals surface area (Å²) in [5, 5.41) is 17.6. The summed E-state index contributed by atoms with van der Waals surface area (Å²) in [6, 6.07) is 13.7. The minimum atomic E-state index is -0.608. The number of aryl methyl sites for hydroxylation is 2. The van der Waals surface area contributed by atoms with Gasteiger partial charge in [-0.25, -0.2) is 9.59 Å². The number of halogens is 1. The Morgan fingerprint density at radius 2 is 1.24 bits per heavy atom. The second kappa shape index (κ2) is 19.8. The van der Waals surface area contributed by atoms with Crippen LogP contribution in [0.25, 0.3) is 0 Å². The number of rotatable bonds is 7. The van der Waals surface area contributed by atoms with Crippen molar-refractivity contribution in [2.75, 3.05) is 0 Å². The largest absolute Gasteiger partial charge is 0.376 e. The molecule has 0 amide bonds. The molecule has 0 bridgehead atoms. The summed E-state index contributed by atoms with van der Waals surface area (Å²) in [5.74, 6) is -0.568. The zero-order chi connectivity index (χ0) is 37.2. The minimum absolute atomic E-state index is 0. The van der Waals surface area contributed by atoms with Crippen molar-refractivity contribution in [1.29, 1.82) is 10.5 Å². The number of hydrogen-bond donors (Lipinski definition) is 2. The van der Waals surface area contributed by atoms with Gasteiger partial charge in [0.05, 0.1) is 34.2 Å². The summed E-state index contributed by atoms with van der Waals surface area (Å²) in [6.45, 7) is 15.4. The third kappa shape index (κ3) is 10.9. The van der Waals surface area contributed by atoms with E-state index in [9.17, 15) is 28.8 Å². The monoisotopic (exact) mass is 818 g/mol. The summed E-state index contributed by atoms with van der Waals surface area (Å²) in [7, 11) is 0. The summed E-state index contributed by atoms with van der Waals surface area (Å²) < 4.78 is 3.35. The number of carbonyl (C=O) groups excluding carboxylic acids is 2. The molecule has 2 heterocycles. The molecule has 2 aromatic heterocycles. The van der Waals surface area contributed by atoms with Crippen molar-refractivity contribution in [2.45, 2.75) is 80.3 Å². The number of ketones is 1. The molecular weight excluding hydrogens is 781 g/mol. The number of nitriles is 2. The molecule has 4 aromatic rings. The molecule has 0 spiro atoms. The Balaban J connectivity index is 0.000000408. The normalized spacial score (nSPS) is 10.1. The fraction of sp³-hybridized carbons (Fsp3) is 0.333. The van der Waals surface area contributed by atoms with E-state index >= 15 is 0 Å². The second-order valence-corrected chi connectivity index (χ2v) is 12.4. The predicted octanol–water partition coefficient (Wildman–Crippen LogP) is 4.86. The Bertz CT molecular complexity index is 2200. The van der Waals surface area contributed by atoms with Crippen LogP contribution in [0.2, 0.25) is 0 Å². The van der Waals surface area contributed by atoms with E-state index in [2.05, 4.69) is 25.9 Å². The maximum Gasteiger partial charge on any atom is 0.329 e. The zero-order valence-electron chi connectivity index (χ0n) is 29.2. The summed E-state index contributed by atoms with van der Waals surface area (Å²) in [5.41, 5.74) is 2.42. The summed E-state index contributed by atoms with van der Waals surface area (Å²) in [4.78, 5) is 75.0. The maximum absolute atomic E-state index is 13.1. The topological polar surface area (TPSA) is 191 Å². The molecule has 0 aliphatic heterocycles. The van der Waals surface area contributed by atoms with Gasteiger partial charge in [0.25, 0.3) is 11.1 Å². The van der Waals surface area contributed by atoms with Crippen LogP contribution in [0.5, 0.6) is 0 Å². The van der Waals surface area contributed by atoms with Crippen LogP contribution in [0.15, 0.2) is 60.2 Å². The molecular formula is C36H38BrN6O6Y-. The Kier molecular flexibility index (Phi) is 17.3. The van der Waals surface area contributed by atoms with Gasteiger partial charge in [-0.1, -0.05) is 40.7 Å². The van der Waals surface area contributed by atoms with Gasteiger partial charge in [0.15, 0.2) is 0 Å². The standard InChI is InChI=1S/C18H19N3O3.C9H13BrN2O2.C9H6NO.Y/c1-5-21-15(14(10(2)3)17(23)20-18(21)24)16(22)13-7-11(4)6-12(8-13)9-19;1-4-12-7(10)6(5(2)3)8(13)11-9(12)14;1-7-2-8(5-10)4-9(3-7)6-11;/h6-8,10H,5H2,1-4H3,(H,20,23,24);5H,4H2,1-3H3,(H,11,13,14);2-4H,1H3;/q;;-1;. The predicted molar refractivity (Wildman–Crippen MR) is 190 cm³/mol. The molecule has 0 aliphatic carbocycles. The van der Waals surface area contributed by atoms with Gasteiger partial charge >= 0.3 is 11.4 Å². The number of nitrogens with one attached hydrogen (secondary N) is 2. The van der Waals surface area contributed by atoms with E-state index in [1.165, 1.54) is 21.3 Å². The van der Waals surface area contributed by atoms with Gasteiger partial charge in [-0.15, -0.1) is 17.2 Å². The third-order valence-electron chi connectivity index (χ3n) is 7.20. The molecule has 0 aliphatic rings. The molecule has 0 saturated carbocycles. The van der Waals surface area contributed by atoms with Crippen LogP contribution in [0.1, 0.15) is 108 Å². The maximum atomic E-state index is 13.1. The first kappa shape index (κ1) is 43.7. The Labute approximate surface area is 323 Å². The molecule has 0 atom stereocenters. The molecule has 12 nitrogen and oxygen atoms in total. The molecule has 14 heteroatoms. The molecule has 259 valence electrons. The molecule has 1 radical (unpaired) electrons. The van der Waals surface area contributed by atoms with Gasteiger partial charge in [-0.2, -0.15) is 16.6 Å². The number of benzene rings is 2. The van der Waals surface area contributed by atoms with E-state index < -0.39 is 17.0 Å². The average Bonchev–Trinajstić information content (AvgIpc) is 3.03. The van der Waals surface area contributed by atoms with Crippen LogP contribution < -0.4 is 22.5 Å². The summed E-state index contributed by atoms with van der Waals surface area (Å²) >= 11 is 3.29. The zero-order valence-corrected chi connectivity index (χ0v) is 33.7. The van der Waals surface area contributed by atoms with Crippen molar-refractivity contribution in [1.82, 2.24) is 19.1 Å². The fourth-order valence-corrected chi connectivity index (χ4v) is 6.08. The first-order valence-electron chi connectivity index (χ1n) is 15.4. The van der Waals surface area contributed by atoms with E-state index in [-0.39, 0.29) is 73.6 Å². The van der Waals surface area contributed by atoms with Gasteiger partial charge in [0.2, 0.25) is 5.78 Å². The van der Waals surface area contributed by atoms with Crippen molar-refractivity contribution < 1.29 is 42.3 Å². The second-order valence-electron chi connectivity index (χ2n) is 11.6. The van der Waals surface area contributed by atoms with Gasteiger partial charge in [0.1, 0.15) is 5.69 Å². The number of H-pyrrole nitrogens is 2. The number of hydrogen-bond acceptors (Lipinski definition) is 8. The summed E-state index contributed by atoms with van der Waals surface area (Å²) in [6.07, 6.45) is 1.74. The molecule has 0 fully saturated rings. The first-order valence-corrected chi connectivity index (χ1v) is 16.2. The number of aromatic amines is 2. The van der Waals surface area contributed by atoms with Crippen molar-refractivity contribution in [3.05, 3.63) is 133 Å². The van der Waals surface area contributed by atoms with E-state index in [0.717, 1.165) is 11.1 Å². The van der Waals surface area contributed by atoms with E-state index in [0.29, 0.717) is 39.0 Å². The first-order chi connectivity index (χ1) is 23.0. The van der Waals surface area contributed by atoms with Crippen LogP contribution >= 0.6 is 15.9 Å². The van der Waals surface area contributed by atoms with Crippen molar-refractivity contribution in [3.63, 3.8) is 0 Å². The van der Waals surface area contributed by atoms with E-state index in [4.69, 9.17) is 10.5 Å². The van der Waals surface area contributed by atoms with Crippen LogP contribution in [0.4, 0.5) is 0 Å². The van der Waals surface area contributed by atoms with Crippen LogP contribution in [0, 0.1) is 36.5 Å². The fourth-order valence-electron chi connectivity index (χ4n) is 5.03. The molecule has 0 unspecified atom stereocenters. The number of carbonyl (C=O) groups is 1. The smallest absolute Gasteiger partial charge is 0.329 e. The van der Waals surface area contributed by atoms with E-state index in [1.54, 1.807) is 58.2 Å². The average molecular weight is 820 g/mol.